The summed E-state index contributed by atoms with van der Waals surface area (Å²) in [6.45, 7) is 3.40. The van der Waals surface area contributed by atoms with E-state index in [-0.39, 0.29) is 5.57 Å². The Morgan fingerprint density at radius 2 is 2.50 bits per heavy atom. The lowest BCUT2D eigenvalue weighted by Crippen LogP contribution is -2.01. The van der Waals surface area contributed by atoms with Gasteiger partial charge in [-0.15, -0.1) is 0 Å². The summed E-state index contributed by atoms with van der Waals surface area (Å²) in [4.78, 5) is 14.0. The second kappa shape index (κ2) is 3.78. The third-order valence-electron chi connectivity index (χ3n) is 1.50. The molecule has 0 aliphatic carbocycles. The summed E-state index contributed by atoms with van der Waals surface area (Å²) in [7, 11) is 0. The lowest BCUT2D eigenvalue weighted by Gasteiger charge is -2.07. The van der Waals surface area contributed by atoms with Crippen LogP contribution in [-0.2, 0) is 4.79 Å². The molecule has 0 aromatic carbocycles. The van der Waals surface area contributed by atoms with E-state index in [4.69, 9.17) is 0 Å². The Hall–Kier alpha value is -1.48. The molecule has 0 saturated carbocycles. The summed E-state index contributed by atoms with van der Waals surface area (Å²) in [6.07, 6.45) is 2.70. The minimum atomic E-state index is -0.934. The van der Waals surface area contributed by atoms with Gasteiger partial charge in [0, 0.05) is 23.5 Å². The lowest BCUT2D eigenvalue weighted by atomic mass is 10.1. The van der Waals surface area contributed by atoms with Crippen molar-refractivity contribution in [2.75, 3.05) is 0 Å². The zero-order valence-electron chi connectivity index (χ0n) is 6.47. The topological polar surface area (TPSA) is 50.2 Å². The molecule has 3 heteroatoms. The smallest absolute Gasteiger partial charge is 0.148 e. The normalized spacial score (nSPS) is 12.1. The fourth-order valence-electron chi connectivity index (χ4n) is 0.816. The van der Waals surface area contributed by atoms with Gasteiger partial charge < -0.3 is 5.11 Å². The second-order valence-corrected chi connectivity index (χ2v) is 2.38. The van der Waals surface area contributed by atoms with Crippen molar-refractivity contribution in [3.05, 3.63) is 42.2 Å². The van der Waals surface area contributed by atoms with Gasteiger partial charge in [0.15, 0.2) is 0 Å². The Bertz CT molecular complexity index is 282. The quantitative estimate of drug-likeness (QED) is 0.531. The summed E-state index contributed by atoms with van der Waals surface area (Å²) in [5.74, 6) is 0. The van der Waals surface area contributed by atoms with Crippen LogP contribution in [0.1, 0.15) is 11.7 Å². The maximum Gasteiger partial charge on any atom is 0.148 e. The predicted molar refractivity (Wildman–Crippen MR) is 44.4 cm³/mol. The van der Waals surface area contributed by atoms with Crippen molar-refractivity contribution in [3.63, 3.8) is 0 Å². The minimum absolute atomic E-state index is 0.142. The molecule has 0 amide bonds. The van der Waals surface area contributed by atoms with E-state index >= 15 is 0 Å². The van der Waals surface area contributed by atoms with Crippen LogP contribution < -0.4 is 0 Å². The minimum Gasteiger partial charge on any atom is -0.384 e. The fraction of sp³-hybridized carbons (Fsp3) is 0.111. The Morgan fingerprint density at radius 3 is 3.00 bits per heavy atom. The van der Waals surface area contributed by atoms with Crippen molar-refractivity contribution < 1.29 is 9.90 Å². The van der Waals surface area contributed by atoms with Crippen LogP contribution in [0.4, 0.5) is 0 Å². The zero-order chi connectivity index (χ0) is 8.97. The second-order valence-electron chi connectivity index (χ2n) is 2.38. The number of nitrogens with zero attached hydrogens (tertiary/aromatic N) is 1. The predicted octanol–water partition coefficient (Wildman–Crippen LogP) is 0.870. The van der Waals surface area contributed by atoms with Gasteiger partial charge in [-0.1, -0.05) is 12.6 Å². The molecule has 1 heterocycles. The highest BCUT2D eigenvalue weighted by Crippen LogP contribution is 2.16. The molecular formula is C9H9NO2. The van der Waals surface area contributed by atoms with Crippen molar-refractivity contribution in [1.82, 2.24) is 4.98 Å². The number of pyridine rings is 1. The van der Waals surface area contributed by atoms with Crippen molar-refractivity contribution in [2.45, 2.75) is 6.10 Å². The number of carbonyl (C=O) groups is 1. The van der Waals surface area contributed by atoms with Gasteiger partial charge in [-0.2, -0.15) is 0 Å². The SMILES string of the molecule is C=C(C=O)C(O)c1cccnc1. The molecule has 0 aliphatic rings. The maximum atomic E-state index is 10.2. The van der Waals surface area contributed by atoms with Gasteiger partial charge >= 0.3 is 0 Å². The van der Waals surface area contributed by atoms with Crippen LogP contribution in [0, 0.1) is 0 Å². The molecule has 1 aromatic heterocycles. The van der Waals surface area contributed by atoms with E-state index in [2.05, 4.69) is 11.6 Å². The largest absolute Gasteiger partial charge is 0.384 e. The summed E-state index contributed by atoms with van der Waals surface area (Å²) in [5.41, 5.74) is 0.720. The number of carbonyl (C=O) groups excluding carboxylic acids is 1. The highest BCUT2D eigenvalue weighted by molar-refractivity contribution is 5.74. The monoisotopic (exact) mass is 163 g/mol. The highest BCUT2D eigenvalue weighted by atomic mass is 16.3. The molecule has 1 aromatic rings. The number of rotatable bonds is 3. The van der Waals surface area contributed by atoms with Gasteiger partial charge in [0.05, 0.1) is 0 Å². The lowest BCUT2D eigenvalue weighted by molar-refractivity contribution is -0.105. The van der Waals surface area contributed by atoms with E-state index in [0.717, 1.165) is 0 Å². The van der Waals surface area contributed by atoms with E-state index in [1.165, 1.54) is 6.20 Å². The number of hydrogen-bond acceptors (Lipinski definition) is 3. The average Bonchev–Trinajstić information content (AvgIpc) is 2.17. The maximum absolute atomic E-state index is 10.2. The molecule has 1 N–H and O–H groups in total. The molecule has 0 radical (unpaired) electrons. The zero-order valence-corrected chi connectivity index (χ0v) is 6.47. The van der Waals surface area contributed by atoms with Crippen molar-refractivity contribution in [2.24, 2.45) is 0 Å². The van der Waals surface area contributed by atoms with Gasteiger partial charge in [-0.05, 0) is 6.07 Å². The van der Waals surface area contributed by atoms with Crippen molar-refractivity contribution in [1.29, 1.82) is 0 Å². The molecule has 0 spiro atoms. The van der Waals surface area contributed by atoms with E-state index in [1.807, 2.05) is 0 Å². The van der Waals surface area contributed by atoms with E-state index in [9.17, 15) is 9.90 Å². The Kier molecular flexibility index (Phi) is 2.71. The molecule has 1 unspecified atom stereocenters. The summed E-state index contributed by atoms with van der Waals surface area (Å²) in [6, 6.07) is 3.38. The molecule has 0 saturated heterocycles. The Morgan fingerprint density at radius 1 is 1.75 bits per heavy atom. The van der Waals surface area contributed by atoms with E-state index < -0.39 is 6.10 Å². The molecule has 0 fully saturated rings. The number of aldehydes is 1. The first-order valence-electron chi connectivity index (χ1n) is 3.47. The van der Waals surface area contributed by atoms with Crippen LogP contribution in [0.2, 0.25) is 0 Å². The molecule has 12 heavy (non-hydrogen) atoms. The van der Waals surface area contributed by atoms with Crippen LogP contribution in [-0.4, -0.2) is 16.4 Å². The molecule has 0 bridgehead atoms. The van der Waals surface area contributed by atoms with Crippen LogP contribution in [0.3, 0.4) is 0 Å². The van der Waals surface area contributed by atoms with Gasteiger partial charge in [0.2, 0.25) is 0 Å². The third-order valence-corrected chi connectivity index (χ3v) is 1.50. The molecule has 3 nitrogen and oxygen atoms in total. The number of aliphatic hydroxyl groups excluding tert-OH is 1. The third kappa shape index (κ3) is 1.77. The molecule has 1 rings (SSSR count). The highest BCUT2D eigenvalue weighted by Gasteiger charge is 2.09. The number of aliphatic hydroxyl groups is 1. The summed E-state index contributed by atoms with van der Waals surface area (Å²) >= 11 is 0. The summed E-state index contributed by atoms with van der Waals surface area (Å²) < 4.78 is 0. The van der Waals surface area contributed by atoms with Crippen LogP contribution in [0.5, 0.6) is 0 Å². The molecule has 1 atom stereocenters. The number of hydrogen-bond donors (Lipinski definition) is 1. The molecule has 0 aliphatic heterocycles. The van der Waals surface area contributed by atoms with Crippen molar-refractivity contribution >= 4 is 6.29 Å². The van der Waals surface area contributed by atoms with Gasteiger partial charge in [-0.25, -0.2) is 0 Å². The fourth-order valence-corrected chi connectivity index (χ4v) is 0.816. The van der Waals surface area contributed by atoms with Crippen LogP contribution >= 0.6 is 0 Å². The first-order chi connectivity index (χ1) is 5.75. The average molecular weight is 163 g/mol. The van der Waals surface area contributed by atoms with E-state index in [0.29, 0.717) is 11.8 Å². The van der Waals surface area contributed by atoms with Gasteiger partial charge in [-0.3, -0.25) is 9.78 Å². The standard InChI is InChI=1S/C9H9NO2/c1-7(6-11)9(12)8-3-2-4-10-5-8/h2-6,9,12H,1H2. The molecular weight excluding hydrogens is 154 g/mol. The molecule has 62 valence electrons. The first-order valence-corrected chi connectivity index (χ1v) is 3.47. The summed E-state index contributed by atoms with van der Waals surface area (Å²) in [5, 5.41) is 9.42. The Labute approximate surface area is 70.4 Å². The van der Waals surface area contributed by atoms with Crippen LogP contribution in [0.25, 0.3) is 0 Å². The number of aromatic nitrogens is 1. The first kappa shape index (κ1) is 8.62. The van der Waals surface area contributed by atoms with Crippen molar-refractivity contribution in [3.8, 4) is 0 Å². The Balaban J connectivity index is 2.85. The van der Waals surface area contributed by atoms with E-state index in [1.54, 1.807) is 18.3 Å². The van der Waals surface area contributed by atoms with Gasteiger partial charge in [0.25, 0.3) is 0 Å². The van der Waals surface area contributed by atoms with Crippen LogP contribution in [0.15, 0.2) is 36.7 Å². The van der Waals surface area contributed by atoms with Gasteiger partial charge in [0.1, 0.15) is 12.4 Å².